The van der Waals surface area contributed by atoms with Crippen LogP contribution in [-0.4, -0.2) is 117 Å². The van der Waals surface area contributed by atoms with Crippen LogP contribution in [0.3, 0.4) is 0 Å². The molecule has 4 aromatic heterocycles. The Labute approximate surface area is 457 Å². The number of rotatable bonds is 16. The number of ether oxygens (including phenoxy) is 4. The molecule has 0 fully saturated rings. The molecule has 4 amide bonds. The van der Waals surface area contributed by atoms with E-state index in [0.29, 0.717) is 45.3 Å². The van der Waals surface area contributed by atoms with Crippen molar-refractivity contribution in [1.82, 2.24) is 41.6 Å². The molecule has 0 saturated carbocycles. The van der Waals surface area contributed by atoms with E-state index in [1.165, 1.54) is 102 Å². The summed E-state index contributed by atoms with van der Waals surface area (Å²) in [5.41, 5.74) is 12.2. The molecular formula is C56H52N12O12. The topological polar surface area (TPSA) is 335 Å². The van der Waals surface area contributed by atoms with Gasteiger partial charge in [0, 0.05) is 71.3 Å². The van der Waals surface area contributed by atoms with Crippen LogP contribution in [0.15, 0.2) is 191 Å². The van der Waals surface area contributed by atoms with Crippen LogP contribution in [-0.2, 0) is 0 Å². The predicted molar refractivity (Wildman–Crippen MR) is 296 cm³/mol. The van der Waals surface area contributed by atoms with Crippen LogP contribution in [0, 0.1) is 0 Å². The number of amides is 4. The first kappa shape index (κ1) is 59.3. The van der Waals surface area contributed by atoms with Gasteiger partial charge >= 0.3 is 0 Å². The Balaban J connectivity index is 0.000000196. The van der Waals surface area contributed by atoms with Gasteiger partial charge in [-0.25, -0.2) is 21.7 Å². The second-order valence-electron chi connectivity index (χ2n) is 15.4. The smallest absolute Gasteiger partial charge is 0.289 e. The molecule has 8 rings (SSSR count). The highest BCUT2D eigenvalue weighted by atomic mass is 16.5. The molecule has 0 atom stereocenters. The van der Waals surface area contributed by atoms with E-state index in [1.807, 2.05) is 0 Å². The normalized spacial score (nSPS) is 10.4. The third kappa shape index (κ3) is 19.6. The predicted octanol–water partition coefficient (Wildman–Crippen LogP) is 6.24. The van der Waals surface area contributed by atoms with Crippen molar-refractivity contribution in [3.8, 4) is 46.0 Å². The minimum Gasteiger partial charge on any atom is -0.507 e. The molecular weight excluding hydrogens is 1030 g/mol. The average Bonchev–Trinajstić information content (AvgIpc) is 3.49. The highest BCUT2D eigenvalue weighted by Crippen LogP contribution is 2.24. The van der Waals surface area contributed by atoms with Gasteiger partial charge in [-0.2, -0.15) is 20.4 Å². The minimum atomic E-state index is -0.421. The molecule has 0 aliphatic carbocycles. The van der Waals surface area contributed by atoms with Crippen molar-refractivity contribution >= 4 is 48.5 Å². The third-order valence-electron chi connectivity index (χ3n) is 10.0. The molecule has 0 unspecified atom stereocenters. The maximum Gasteiger partial charge on any atom is 0.289 e. The van der Waals surface area contributed by atoms with Gasteiger partial charge in [-0.1, -0.05) is 24.3 Å². The number of nitrogens with zero attached hydrogens (tertiary/aromatic N) is 8. The zero-order valence-electron chi connectivity index (χ0n) is 43.1. The Kier molecular flexibility index (Phi) is 23.7. The lowest BCUT2D eigenvalue weighted by molar-refractivity contribution is 0.0942. The van der Waals surface area contributed by atoms with Crippen molar-refractivity contribution in [3.05, 3.63) is 215 Å². The van der Waals surface area contributed by atoms with Crippen LogP contribution < -0.4 is 40.7 Å². The summed E-state index contributed by atoms with van der Waals surface area (Å²) in [4.78, 5) is 62.2. The molecule has 0 saturated heterocycles. The van der Waals surface area contributed by atoms with Crippen LogP contribution in [0.4, 0.5) is 0 Å². The molecule has 8 N–H and O–H groups in total. The fourth-order valence-corrected chi connectivity index (χ4v) is 5.90. The second kappa shape index (κ2) is 32.0. The SMILES string of the molecule is COc1ccc(/C=N/NC(=O)c2ccccn2)c(O)c1.COc1ccc(/C=N/NC(=O)c2ccccn2)c(O)c1.COc1ccc(/C=N/NC(=O)c2ccccn2)c(O)c1.COc1ccc(/C=N/NC(=O)c2ccccn2)c(O)c1. The third-order valence-corrected chi connectivity index (χ3v) is 10.0. The highest BCUT2D eigenvalue weighted by molar-refractivity contribution is 5.95. The number of phenols is 4. The number of hydrogen-bond acceptors (Lipinski definition) is 20. The summed E-state index contributed by atoms with van der Waals surface area (Å²) in [7, 11) is 6.04. The number of hydrazone groups is 4. The molecule has 4 heterocycles. The van der Waals surface area contributed by atoms with Gasteiger partial charge in [0.25, 0.3) is 23.6 Å². The number of pyridine rings is 4. The van der Waals surface area contributed by atoms with E-state index >= 15 is 0 Å². The summed E-state index contributed by atoms with van der Waals surface area (Å²) in [5, 5.41) is 53.9. The van der Waals surface area contributed by atoms with Gasteiger partial charge in [0.05, 0.1) is 53.3 Å². The summed E-state index contributed by atoms with van der Waals surface area (Å²) in [6, 6.07) is 39.1. The maximum atomic E-state index is 11.7. The van der Waals surface area contributed by atoms with Crippen molar-refractivity contribution in [1.29, 1.82) is 0 Å². The number of phenolic OH excluding ortho intramolecular Hbond substituents is 4. The standard InChI is InChI=1S/4C14H13N3O3/c4*1-20-11-6-5-10(13(18)8-11)9-16-17-14(19)12-4-2-3-7-15-12/h4*2-9,18H,1H3,(H,17,19)/b4*16-9+. The molecule has 0 spiro atoms. The van der Waals surface area contributed by atoms with E-state index < -0.39 is 23.6 Å². The highest BCUT2D eigenvalue weighted by Gasteiger charge is 2.09. The lowest BCUT2D eigenvalue weighted by Gasteiger charge is -2.02. The van der Waals surface area contributed by atoms with Crippen LogP contribution >= 0.6 is 0 Å². The zero-order valence-corrected chi connectivity index (χ0v) is 43.1. The lowest BCUT2D eigenvalue weighted by Crippen LogP contribution is -2.18. The van der Waals surface area contributed by atoms with Gasteiger partial charge in [-0.05, 0) is 97.1 Å². The molecule has 0 bridgehead atoms. The molecule has 8 aromatic rings. The fraction of sp³-hybridized carbons (Fsp3) is 0.0714. The molecule has 4 aromatic carbocycles. The van der Waals surface area contributed by atoms with Crippen molar-refractivity contribution in [2.24, 2.45) is 20.4 Å². The molecule has 24 heteroatoms. The van der Waals surface area contributed by atoms with E-state index in [9.17, 15) is 39.6 Å². The van der Waals surface area contributed by atoms with Gasteiger partial charge in [0.1, 0.15) is 68.8 Å². The van der Waals surface area contributed by atoms with Gasteiger partial charge in [0.15, 0.2) is 0 Å². The summed E-state index contributed by atoms with van der Waals surface area (Å²) >= 11 is 0. The summed E-state index contributed by atoms with van der Waals surface area (Å²) in [6.45, 7) is 0. The molecule has 80 heavy (non-hydrogen) atoms. The largest absolute Gasteiger partial charge is 0.507 e. The second-order valence-corrected chi connectivity index (χ2v) is 15.4. The number of carbonyl (C=O) groups is 4. The van der Waals surface area contributed by atoms with Gasteiger partial charge < -0.3 is 39.4 Å². The van der Waals surface area contributed by atoms with Crippen LogP contribution in [0.25, 0.3) is 0 Å². The first-order chi connectivity index (χ1) is 38.8. The van der Waals surface area contributed by atoms with Crippen molar-refractivity contribution in [2.75, 3.05) is 28.4 Å². The van der Waals surface area contributed by atoms with E-state index in [0.717, 1.165) is 0 Å². The van der Waals surface area contributed by atoms with Gasteiger partial charge in [-0.3, -0.25) is 39.1 Å². The summed E-state index contributed by atoms with van der Waals surface area (Å²) < 4.78 is 19.9. The fourth-order valence-electron chi connectivity index (χ4n) is 5.90. The van der Waals surface area contributed by atoms with Gasteiger partial charge in [0.2, 0.25) is 0 Å². The quantitative estimate of drug-likeness (QED) is 0.0392. The molecule has 408 valence electrons. The summed E-state index contributed by atoms with van der Waals surface area (Å²) in [5.74, 6) is 0.527. The number of carbonyl (C=O) groups excluding carboxylic acids is 4. The number of aromatic nitrogens is 4. The number of aromatic hydroxyl groups is 4. The van der Waals surface area contributed by atoms with E-state index in [4.69, 9.17) is 18.9 Å². The molecule has 0 aliphatic heterocycles. The maximum absolute atomic E-state index is 11.7. The number of methoxy groups -OCH3 is 4. The number of benzene rings is 4. The first-order valence-corrected chi connectivity index (χ1v) is 23.3. The molecule has 0 radical (unpaired) electrons. The summed E-state index contributed by atoms with van der Waals surface area (Å²) in [6.07, 6.45) is 11.5. The zero-order chi connectivity index (χ0) is 57.5. The minimum absolute atomic E-state index is 0.0141. The Hall–Kier alpha value is -11.6. The van der Waals surface area contributed by atoms with E-state index in [-0.39, 0.29) is 45.8 Å². The van der Waals surface area contributed by atoms with Crippen LogP contribution in [0.1, 0.15) is 64.2 Å². The van der Waals surface area contributed by atoms with Crippen molar-refractivity contribution in [2.45, 2.75) is 0 Å². The van der Waals surface area contributed by atoms with Crippen LogP contribution in [0.2, 0.25) is 0 Å². The Morgan fingerprint density at radius 3 is 0.725 bits per heavy atom. The Morgan fingerprint density at radius 1 is 0.350 bits per heavy atom. The Bertz CT molecular complexity index is 2960. The van der Waals surface area contributed by atoms with E-state index in [1.54, 1.807) is 121 Å². The van der Waals surface area contributed by atoms with Crippen LogP contribution in [0.5, 0.6) is 46.0 Å². The molecule has 0 aliphatic rings. The molecule has 24 nitrogen and oxygen atoms in total. The number of hydrogen-bond donors (Lipinski definition) is 8. The first-order valence-electron chi connectivity index (χ1n) is 23.3. The van der Waals surface area contributed by atoms with Gasteiger partial charge in [-0.15, -0.1) is 0 Å². The number of nitrogens with one attached hydrogen (secondary N) is 4. The average molecular weight is 1090 g/mol. The Morgan fingerprint density at radius 2 is 0.562 bits per heavy atom. The monoisotopic (exact) mass is 1080 g/mol. The lowest BCUT2D eigenvalue weighted by atomic mass is 10.2. The van der Waals surface area contributed by atoms with Crippen molar-refractivity contribution < 1.29 is 58.6 Å². The van der Waals surface area contributed by atoms with Crippen molar-refractivity contribution in [3.63, 3.8) is 0 Å². The van der Waals surface area contributed by atoms with E-state index in [2.05, 4.69) is 62.0 Å².